The third-order valence-electron chi connectivity index (χ3n) is 2.98. The van der Waals surface area contributed by atoms with Crippen molar-refractivity contribution in [2.75, 3.05) is 19.7 Å². The van der Waals surface area contributed by atoms with E-state index in [2.05, 4.69) is 10.5 Å². The Morgan fingerprint density at radius 2 is 2.00 bits per heavy atom. The Balaban J connectivity index is 1.83. The molecule has 2 fully saturated rings. The van der Waals surface area contributed by atoms with Crippen molar-refractivity contribution in [2.24, 2.45) is 16.4 Å². The number of amides is 2. The Kier molecular flexibility index (Phi) is 4.05. The molecule has 0 spiro atoms. The average Bonchev–Trinajstić information content (AvgIpc) is 2.68. The highest BCUT2D eigenvalue weighted by Gasteiger charge is 2.36. The fraction of sp³-hybridized carbons (Fsp3) is 0.700. The normalized spacial score (nSPS) is 21.9. The third-order valence-corrected chi connectivity index (χ3v) is 2.98. The molecule has 2 aliphatic heterocycles. The topological polar surface area (TPSA) is 112 Å². The molecule has 2 heterocycles. The van der Waals surface area contributed by atoms with Gasteiger partial charge in [0, 0.05) is 43.7 Å². The summed E-state index contributed by atoms with van der Waals surface area (Å²) < 4.78 is 0. The van der Waals surface area contributed by atoms with Gasteiger partial charge in [0.25, 0.3) is 6.23 Å². The van der Waals surface area contributed by atoms with Crippen molar-refractivity contribution < 1.29 is 24.3 Å². The van der Waals surface area contributed by atoms with Crippen LogP contribution < -0.4 is 0 Å². The summed E-state index contributed by atoms with van der Waals surface area (Å²) in [5.41, 5.74) is 0. The molecule has 0 aromatic heterocycles. The van der Waals surface area contributed by atoms with Crippen LogP contribution in [0.25, 0.3) is 0 Å². The summed E-state index contributed by atoms with van der Waals surface area (Å²) in [6.45, 7) is 1.19. The third kappa shape index (κ3) is 2.87. The highest BCUT2D eigenvalue weighted by molar-refractivity contribution is 6.03. The number of aliphatic hydroxyl groups excluding tert-OH is 1. The molecule has 19 heavy (non-hydrogen) atoms. The van der Waals surface area contributed by atoms with Gasteiger partial charge in [0.1, 0.15) is 0 Å². The largest absolute Gasteiger partial charge is 0.396 e. The summed E-state index contributed by atoms with van der Waals surface area (Å²) >= 11 is 0. The van der Waals surface area contributed by atoms with E-state index in [9.17, 15) is 14.4 Å². The Labute approximate surface area is 108 Å². The van der Waals surface area contributed by atoms with Crippen molar-refractivity contribution in [3.63, 3.8) is 0 Å². The van der Waals surface area contributed by atoms with Crippen LogP contribution in [-0.4, -0.2) is 59.0 Å². The molecule has 1 unspecified atom stereocenters. The van der Waals surface area contributed by atoms with E-state index < -0.39 is 18.0 Å². The van der Waals surface area contributed by atoms with Gasteiger partial charge < -0.3 is 9.94 Å². The second-order valence-electron chi connectivity index (χ2n) is 4.38. The quantitative estimate of drug-likeness (QED) is 0.283. The molecule has 104 valence electrons. The van der Waals surface area contributed by atoms with Gasteiger partial charge in [-0.1, -0.05) is 0 Å². The number of hydrogen-bond acceptors (Lipinski definition) is 7. The molecule has 2 amide bonds. The zero-order valence-electron chi connectivity index (χ0n) is 10.1. The van der Waals surface area contributed by atoms with Gasteiger partial charge in [0.15, 0.2) is 6.29 Å². The SMILES string of the molecule is O=CC(ON=NN1CC(CO)C1)N1C(=O)CCC1=O. The first kappa shape index (κ1) is 13.4. The number of nitrogens with zero attached hydrogens (tertiary/aromatic N) is 4. The Morgan fingerprint density at radius 1 is 1.37 bits per heavy atom. The lowest BCUT2D eigenvalue weighted by molar-refractivity contribution is -0.159. The zero-order valence-corrected chi connectivity index (χ0v) is 10.1. The van der Waals surface area contributed by atoms with Crippen LogP contribution in [0.4, 0.5) is 0 Å². The minimum Gasteiger partial charge on any atom is -0.396 e. The maximum Gasteiger partial charge on any atom is 0.266 e. The lowest BCUT2D eigenvalue weighted by atomic mass is 10.0. The van der Waals surface area contributed by atoms with Crippen molar-refractivity contribution in [1.29, 1.82) is 0 Å². The van der Waals surface area contributed by atoms with Crippen LogP contribution in [0.1, 0.15) is 12.8 Å². The van der Waals surface area contributed by atoms with Gasteiger partial charge in [-0.05, 0) is 5.22 Å². The van der Waals surface area contributed by atoms with E-state index in [1.54, 1.807) is 0 Å². The molecule has 9 heteroatoms. The molecule has 0 aromatic carbocycles. The van der Waals surface area contributed by atoms with Gasteiger partial charge >= 0.3 is 0 Å². The number of imide groups is 1. The van der Waals surface area contributed by atoms with E-state index in [0.29, 0.717) is 19.4 Å². The fourth-order valence-corrected chi connectivity index (χ4v) is 1.86. The standard InChI is InChI=1S/C10H14N4O5/c15-5-7-3-13(4-7)11-12-19-10(6-16)14-8(17)1-2-9(14)18/h6-7,10,15H,1-5H2. The number of hydrogen-bond donors (Lipinski definition) is 1. The van der Waals surface area contributed by atoms with Crippen molar-refractivity contribution in [3.8, 4) is 0 Å². The zero-order chi connectivity index (χ0) is 13.8. The molecule has 0 saturated carbocycles. The monoisotopic (exact) mass is 270 g/mol. The van der Waals surface area contributed by atoms with Crippen molar-refractivity contribution in [2.45, 2.75) is 19.1 Å². The molecule has 0 bridgehead atoms. The van der Waals surface area contributed by atoms with Crippen molar-refractivity contribution in [1.82, 2.24) is 9.91 Å². The molecule has 2 rings (SSSR count). The van der Waals surface area contributed by atoms with Gasteiger partial charge in [-0.2, -0.15) is 0 Å². The number of aldehydes is 1. The summed E-state index contributed by atoms with van der Waals surface area (Å²) in [4.78, 5) is 39.1. The van der Waals surface area contributed by atoms with Crippen LogP contribution >= 0.6 is 0 Å². The van der Waals surface area contributed by atoms with Crippen LogP contribution in [0, 0.1) is 5.92 Å². The summed E-state index contributed by atoms with van der Waals surface area (Å²) in [6.07, 6.45) is -0.879. The van der Waals surface area contributed by atoms with E-state index in [0.717, 1.165) is 4.90 Å². The molecule has 2 saturated heterocycles. The number of carbonyl (C=O) groups excluding carboxylic acids is 3. The second kappa shape index (κ2) is 5.74. The minimum atomic E-state index is -1.36. The molecular formula is C10H14N4O5. The van der Waals surface area contributed by atoms with E-state index >= 15 is 0 Å². The van der Waals surface area contributed by atoms with Crippen LogP contribution in [0.2, 0.25) is 0 Å². The smallest absolute Gasteiger partial charge is 0.266 e. The predicted octanol–water partition coefficient (Wildman–Crippen LogP) is -1.12. The molecule has 2 aliphatic rings. The van der Waals surface area contributed by atoms with Crippen LogP contribution in [-0.2, 0) is 19.2 Å². The second-order valence-corrected chi connectivity index (χ2v) is 4.38. The Hall–Kier alpha value is -2.03. The Morgan fingerprint density at radius 3 is 2.53 bits per heavy atom. The van der Waals surface area contributed by atoms with Crippen molar-refractivity contribution >= 4 is 18.1 Å². The number of rotatable bonds is 6. The highest BCUT2D eigenvalue weighted by Crippen LogP contribution is 2.17. The molecule has 0 aliphatic carbocycles. The fourth-order valence-electron chi connectivity index (χ4n) is 1.86. The van der Waals surface area contributed by atoms with Crippen LogP contribution in [0.5, 0.6) is 0 Å². The van der Waals surface area contributed by atoms with Gasteiger partial charge in [0.2, 0.25) is 11.8 Å². The highest BCUT2D eigenvalue weighted by atomic mass is 16.7. The minimum absolute atomic E-state index is 0.0774. The molecule has 0 radical (unpaired) electrons. The first-order valence-corrected chi connectivity index (χ1v) is 5.88. The number of aliphatic hydroxyl groups is 1. The lowest BCUT2D eigenvalue weighted by Gasteiger charge is -2.34. The van der Waals surface area contributed by atoms with Gasteiger partial charge in [-0.25, -0.2) is 4.90 Å². The maximum absolute atomic E-state index is 11.4. The lowest BCUT2D eigenvalue weighted by Crippen LogP contribution is -2.45. The summed E-state index contributed by atoms with van der Waals surface area (Å²) in [7, 11) is 0. The van der Waals surface area contributed by atoms with Gasteiger partial charge in [0.05, 0.1) is 0 Å². The first-order chi connectivity index (χ1) is 9.15. The Bertz CT molecular complexity index is 391. The van der Waals surface area contributed by atoms with Crippen LogP contribution in [0.3, 0.4) is 0 Å². The van der Waals surface area contributed by atoms with Crippen molar-refractivity contribution in [3.05, 3.63) is 0 Å². The summed E-state index contributed by atoms with van der Waals surface area (Å²) in [5.74, 6) is -0.745. The van der Waals surface area contributed by atoms with E-state index in [1.165, 1.54) is 5.01 Å². The van der Waals surface area contributed by atoms with Gasteiger partial charge in [-0.15, -0.1) is 0 Å². The number of carbonyl (C=O) groups is 3. The first-order valence-electron chi connectivity index (χ1n) is 5.88. The van der Waals surface area contributed by atoms with E-state index in [1.807, 2.05) is 0 Å². The molecule has 9 nitrogen and oxygen atoms in total. The maximum atomic E-state index is 11.4. The number of likely N-dealkylation sites (tertiary alicyclic amines) is 1. The van der Waals surface area contributed by atoms with E-state index in [4.69, 9.17) is 9.94 Å². The molecular weight excluding hydrogens is 256 g/mol. The molecule has 1 N–H and O–H groups in total. The van der Waals surface area contributed by atoms with Gasteiger partial charge in [-0.3, -0.25) is 19.4 Å². The molecule has 1 atom stereocenters. The van der Waals surface area contributed by atoms with E-state index in [-0.39, 0.29) is 25.4 Å². The summed E-state index contributed by atoms with van der Waals surface area (Å²) in [5, 5.41) is 17.3. The average molecular weight is 270 g/mol. The molecule has 0 aromatic rings. The predicted molar refractivity (Wildman–Crippen MR) is 59.0 cm³/mol. The van der Waals surface area contributed by atoms with Crippen LogP contribution in [0.15, 0.2) is 10.5 Å². The summed E-state index contributed by atoms with van der Waals surface area (Å²) in [6, 6.07) is 0.